The highest BCUT2D eigenvalue weighted by molar-refractivity contribution is 5.93. The number of imidazole rings is 1. The molecular weight excluding hydrogens is 383 g/mol. The molecule has 1 aromatic carbocycles. The molecule has 0 spiro atoms. The average Bonchev–Trinajstić information content (AvgIpc) is 3.10. The number of hydrogen-bond acceptors (Lipinski definition) is 4. The van der Waals surface area contributed by atoms with Crippen LogP contribution in [0.2, 0.25) is 0 Å². The van der Waals surface area contributed by atoms with Gasteiger partial charge in [-0.3, -0.25) is 4.79 Å². The third-order valence-corrected chi connectivity index (χ3v) is 4.95. The summed E-state index contributed by atoms with van der Waals surface area (Å²) in [6.45, 7) is 5.42. The molecule has 0 saturated carbocycles. The smallest absolute Gasteiger partial charge is 0.334 e. The summed E-state index contributed by atoms with van der Waals surface area (Å²) in [5.41, 5.74) is 0.373. The first-order valence-electron chi connectivity index (χ1n) is 9.29. The van der Waals surface area contributed by atoms with E-state index in [2.05, 4.69) is 15.4 Å². The second-order valence-electron chi connectivity index (χ2n) is 7.31. The number of carbonyl (C=O) groups is 1. The molecule has 1 amide bonds. The van der Waals surface area contributed by atoms with Gasteiger partial charge in [0.15, 0.2) is 5.65 Å². The standard InChI is InChI=1S/C20H20F3N5O/c1-12-3-5-14(6-4-12)16-9-15(20(21,22)23)18-25-17(11-28(18)26-16)19(29)27-8-7-24-13(2)10-27/h3-6,9,11,13,24H,7-8,10H2,1-2H3. The van der Waals surface area contributed by atoms with E-state index in [0.29, 0.717) is 25.2 Å². The summed E-state index contributed by atoms with van der Waals surface area (Å²) in [6.07, 6.45) is -3.35. The Labute approximate surface area is 165 Å². The van der Waals surface area contributed by atoms with Gasteiger partial charge in [0.25, 0.3) is 5.91 Å². The number of rotatable bonds is 2. The number of aryl methyl sites for hydroxylation is 1. The molecule has 1 aliphatic rings. The maximum Gasteiger partial charge on any atom is 0.420 e. The topological polar surface area (TPSA) is 62.5 Å². The predicted molar refractivity (Wildman–Crippen MR) is 102 cm³/mol. The van der Waals surface area contributed by atoms with Crippen LogP contribution >= 0.6 is 0 Å². The van der Waals surface area contributed by atoms with Crippen LogP contribution in [0, 0.1) is 6.92 Å². The second-order valence-corrected chi connectivity index (χ2v) is 7.31. The van der Waals surface area contributed by atoms with Crippen LogP contribution < -0.4 is 5.32 Å². The molecule has 1 aliphatic heterocycles. The van der Waals surface area contributed by atoms with Crippen LogP contribution in [0.25, 0.3) is 16.9 Å². The Morgan fingerprint density at radius 3 is 2.62 bits per heavy atom. The molecule has 1 fully saturated rings. The average molecular weight is 403 g/mol. The number of hydrogen-bond donors (Lipinski definition) is 1. The fraction of sp³-hybridized carbons (Fsp3) is 0.350. The summed E-state index contributed by atoms with van der Waals surface area (Å²) in [4.78, 5) is 18.4. The van der Waals surface area contributed by atoms with Crippen LogP contribution in [0.5, 0.6) is 0 Å². The zero-order chi connectivity index (χ0) is 20.8. The quantitative estimate of drug-likeness (QED) is 0.714. The minimum Gasteiger partial charge on any atom is -0.334 e. The van der Waals surface area contributed by atoms with Gasteiger partial charge in [-0.05, 0) is 19.9 Å². The Balaban J connectivity index is 1.80. The Morgan fingerprint density at radius 2 is 1.97 bits per heavy atom. The number of alkyl halides is 3. The third kappa shape index (κ3) is 3.82. The first-order valence-corrected chi connectivity index (χ1v) is 9.29. The second kappa shape index (κ2) is 7.14. The van der Waals surface area contributed by atoms with Crippen molar-refractivity contribution in [2.24, 2.45) is 0 Å². The number of fused-ring (bicyclic) bond motifs is 1. The lowest BCUT2D eigenvalue weighted by molar-refractivity contribution is -0.136. The van der Waals surface area contributed by atoms with Gasteiger partial charge in [-0.15, -0.1) is 0 Å². The molecular formula is C20H20F3N5O. The molecule has 9 heteroatoms. The number of piperazine rings is 1. The Hall–Kier alpha value is -2.94. The lowest BCUT2D eigenvalue weighted by atomic mass is 10.1. The van der Waals surface area contributed by atoms with Crippen LogP contribution in [-0.2, 0) is 6.18 Å². The lowest BCUT2D eigenvalue weighted by Gasteiger charge is -2.31. The van der Waals surface area contributed by atoms with Gasteiger partial charge >= 0.3 is 6.18 Å². The number of halogens is 3. The van der Waals surface area contributed by atoms with E-state index in [0.717, 1.165) is 16.1 Å². The number of carbonyl (C=O) groups excluding carboxylic acids is 1. The molecule has 1 atom stereocenters. The van der Waals surface area contributed by atoms with E-state index in [1.165, 1.54) is 6.20 Å². The maximum atomic E-state index is 13.7. The monoisotopic (exact) mass is 403 g/mol. The van der Waals surface area contributed by atoms with Crippen molar-refractivity contribution in [2.75, 3.05) is 19.6 Å². The predicted octanol–water partition coefficient (Wildman–Crippen LogP) is 3.16. The first kappa shape index (κ1) is 19.4. The van der Waals surface area contributed by atoms with Gasteiger partial charge in [-0.1, -0.05) is 29.8 Å². The van der Waals surface area contributed by atoms with Crippen LogP contribution in [0.15, 0.2) is 36.5 Å². The highest BCUT2D eigenvalue weighted by atomic mass is 19.4. The van der Waals surface area contributed by atoms with Crippen LogP contribution in [-0.4, -0.2) is 51.1 Å². The van der Waals surface area contributed by atoms with Crippen molar-refractivity contribution < 1.29 is 18.0 Å². The number of nitrogens with one attached hydrogen (secondary N) is 1. The number of aromatic nitrogens is 3. The molecule has 1 saturated heterocycles. The fourth-order valence-electron chi connectivity index (χ4n) is 3.43. The van der Waals surface area contributed by atoms with Crippen LogP contribution in [0.1, 0.15) is 28.5 Å². The maximum absolute atomic E-state index is 13.7. The number of amides is 1. The molecule has 3 aromatic rings. The first-order chi connectivity index (χ1) is 13.7. The lowest BCUT2D eigenvalue weighted by Crippen LogP contribution is -2.51. The summed E-state index contributed by atoms with van der Waals surface area (Å²) in [5, 5.41) is 7.51. The Kier molecular flexibility index (Phi) is 4.77. The molecule has 152 valence electrons. The Morgan fingerprint density at radius 1 is 1.24 bits per heavy atom. The summed E-state index contributed by atoms with van der Waals surface area (Å²) < 4.78 is 42.2. The van der Waals surface area contributed by atoms with Gasteiger partial charge in [0.05, 0.1) is 11.9 Å². The molecule has 0 radical (unpaired) electrons. The van der Waals surface area contributed by atoms with E-state index in [1.807, 2.05) is 26.0 Å². The molecule has 2 aromatic heterocycles. The summed E-state index contributed by atoms with van der Waals surface area (Å²) >= 11 is 0. The zero-order valence-corrected chi connectivity index (χ0v) is 16.0. The van der Waals surface area contributed by atoms with Gasteiger partial charge in [-0.2, -0.15) is 18.3 Å². The minimum absolute atomic E-state index is 0.0434. The van der Waals surface area contributed by atoms with Crippen molar-refractivity contribution in [2.45, 2.75) is 26.1 Å². The third-order valence-electron chi connectivity index (χ3n) is 4.95. The molecule has 4 rings (SSSR count). The van der Waals surface area contributed by atoms with Crippen LogP contribution in [0.3, 0.4) is 0 Å². The van der Waals surface area contributed by atoms with Gasteiger partial charge in [-0.25, -0.2) is 9.50 Å². The summed E-state index contributed by atoms with van der Waals surface area (Å²) in [6, 6.07) is 8.14. The van der Waals surface area contributed by atoms with E-state index in [4.69, 9.17) is 0 Å². The highest BCUT2D eigenvalue weighted by Crippen LogP contribution is 2.34. The van der Waals surface area contributed by atoms with Gasteiger partial charge < -0.3 is 10.2 Å². The highest BCUT2D eigenvalue weighted by Gasteiger charge is 2.36. The van der Waals surface area contributed by atoms with E-state index >= 15 is 0 Å². The molecule has 29 heavy (non-hydrogen) atoms. The minimum atomic E-state index is -4.63. The van der Waals surface area contributed by atoms with E-state index in [9.17, 15) is 18.0 Å². The number of nitrogens with zero attached hydrogens (tertiary/aromatic N) is 4. The van der Waals surface area contributed by atoms with Crippen molar-refractivity contribution in [3.05, 3.63) is 53.3 Å². The largest absolute Gasteiger partial charge is 0.420 e. The number of benzene rings is 1. The van der Waals surface area contributed by atoms with Gasteiger partial charge in [0, 0.05) is 31.2 Å². The molecule has 1 N–H and O–H groups in total. The van der Waals surface area contributed by atoms with Crippen LogP contribution in [0.4, 0.5) is 13.2 Å². The van der Waals surface area contributed by atoms with Crippen molar-refractivity contribution >= 4 is 11.6 Å². The fourth-order valence-corrected chi connectivity index (χ4v) is 3.43. The molecule has 0 bridgehead atoms. The van der Waals surface area contributed by atoms with Gasteiger partial charge in [0.1, 0.15) is 11.3 Å². The summed E-state index contributed by atoms with van der Waals surface area (Å²) in [5.74, 6) is -0.395. The molecule has 1 unspecified atom stereocenters. The van der Waals surface area contributed by atoms with Crippen molar-refractivity contribution in [3.63, 3.8) is 0 Å². The van der Waals surface area contributed by atoms with E-state index in [-0.39, 0.29) is 23.1 Å². The normalized spacial score (nSPS) is 17.7. The van der Waals surface area contributed by atoms with Crippen molar-refractivity contribution in [1.29, 1.82) is 0 Å². The SMILES string of the molecule is Cc1ccc(-c2cc(C(F)(F)F)c3nc(C(=O)N4CCNC(C)C4)cn3n2)cc1. The van der Waals surface area contributed by atoms with Gasteiger partial charge in [0.2, 0.25) is 0 Å². The molecule has 0 aliphatic carbocycles. The molecule has 6 nitrogen and oxygen atoms in total. The Bertz CT molecular complexity index is 1060. The van der Waals surface area contributed by atoms with Crippen molar-refractivity contribution in [1.82, 2.24) is 24.8 Å². The zero-order valence-electron chi connectivity index (χ0n) is 16.0. The summed E-state index contributed by atoms with van der Waals surface area (Å²) in [7, 11) is 0. The van der Waals surface area contributed by atoms with E-state index in [1.54, 1.807) is 17.0 Å². The molecule has 3 heterocycles. The van der Waals surface area contributed by atoms with Crippen molar-refractivity contribution in [3.8, 4) is 11.3 Å². The van der Waals surface area contributed by atoms with E-state index < -0.39 is 17.6 Å².